The second-order valence-corrected chi connectivity index (χ2v) is 2.01. The molecule has 1 N–H and O–H groups in total. The first-order valence-electron chi connectivity index (χ1n) is 2.96. The molecule has 0 saturated heterocycles. The number of aliphatic hydroxyl groups excluding tert-OH is 1. The minimum Gasteiger partial charge on any atom is -0.472 e. The van der Waals surface area contributed by atoms with Gasteiger partial charge in [0.2, 0.25) is 0 Å². The van der Waals surface area contributed by atoms with Crippen molar-refractivity contribution >= 4 is 5.78 Å². The van der Waals surface area contributed by atoms with Gasteiger partial charge in [0.15, 0.2) is 5.78 Å². The summed E-state index contributed by atoms with van der Waals surface area (Å²) in [6.45, 7) is -0.398. The Labute approximate surface area is 58.3 Å². The van der Waals surface area contributed by atoms with Crippen molar-refractivity contribution in [2.45, 2.75) is 6.42 Å². The Balaban J connectivity index is 2.48. The second kappa shape index (κ2) is 3.17. The summed E-state index contributed by atoms with van der Waals surface area (Å²) in [4.78, 5) is 10.6. The van der Waals surface area contributed by atoms with E-state index in [-0.39, 0.29) is 12.2 Å². The van der Waals surface area contributed by atoms with Gasteiger partial charge in [-0.2, -0.15) is 0 Å². The molecule has 0 radical (unpaired) electrons. The van der Waals surface area contributed by atoms with E-state index in [0.717, 1.165) is 5.56 Å². The Morgan fingerprint density at radius 3 is 3.00 bits per heavy atom. The first kappa shape index (κ1) is 7.02. The van der Waals surface area contributed by atoms with E-state index in [2.05, 4.69) is 0 Å². The smallest absolute Gasteiger partial charge is 0.162 e. The zero-order valence-corrected chi connectivity index (χ0v) is 5.41. The number of furan rings is 1. The van der Waals surface area contributed by atoms with Crippen molar-refractivity contribution in [2.75, 3.05) is 6.61 Å². The highest BCUT2D eigenvalue weighted by Gasteiger charge is 2.01. The van der Waals surface area contributed by atoms with Gasteiger partial charge in [-0.1, -0.05) is 0 Å². The highest BCUT2D eigenvalue weighted by Crippen LogP contribution is 2.00. The lowest BCUT2D eigenvalue weighted by Gasteiger charge is -1.89. The summed E-state index contributed by atoms with van der Waals surface area (Å²) in [7, 11) is 0. The minimum atomic E-state index is -0.398. The zero-order chi connectivity index (χ0) is 7.40. The van der Waals surface area contributed by atoms with E-state index in [1.54, 1.807) is 6.07 Å². The van der Waals surface area contributed by atoms with Crippen molar-refractivity contribution in [3.63, 3.8) is 0 Å². The van der Waals surface area contributed by atoms with Crippen LogP contribution in [0.1, 0.15) is 5.56 Å². The number of Topliss-reactive ketones (excluding diaryl/α,β-unsaturated/α-hetero) is 1. The van der Waals surface area contributed by atoms with E-state index in [1.807, 2.05) is 0 Å². The second-order valence-electron chi connectivity index (χ2n) is 2.01. The summed E-state index contributed by atoms with van der Waals surface area (Å²) >= 11 is 0. The van der Waals surface area contributed by atoms with E-state index in [0.29, 0.717) is 0 Å². The molecule has 0 atom stereocenters. The lowest BCUT2D eigenvalue weighted by molar-refractivity contribution is -0.121. The normalized spacial score (nSPS) is 9.70. The number of hydrogen-bond acceptors (Lipinski definition) is 3. The van der Waals surface area contributed by atoms with Crippen LogP contribution >= 0.6 is 0 Å². The molecule has 0 aliphatic rings. The molecule has 0 fully saturated rings. The molecule has 0 saturated carbocycles. The molecule has 54 valence electrons. The highest BCUT2D eigenvalue weighted by atomic mass is 16.3. The Hall–Kier alpha value is -1.09. The summed E-state index contributed by atoms with van der Waals surface area (Å²) in [6.07, 6.45) is 3.25. The van der Waals surface area contributed by atoms with E-state index in [9.17, 15) is 4.79 Å². The quantitative estimate of drug-likeness (QED) is 0.660. The van der Waals surface area contributed by atoms with E-state index in [4.69, 9.17) is 9.52 Å². The van der Waals surface area contributed by atoms with Gasteiger partial charge in [-0.15, -0.1) is 0 Å². The largest absolute Gasteiger partial charge is 0.472 e. The molecule has 1 heterocycles. The predicted octanol–water partition coefficient (Wildman–Crippen LogP) is 0.384. The molecule has 0 bridgehead atoms. The van der Waals surface area contributed by atoms with Crippen molar-refractivity contribution in [1.29, 1.82) is 0 Å². The SMILES string of the molecule is O=C(CO)Cc1ccoc1. The van der Waals surface area contributed by atoms with Crippen LogP contribution in [0.15, 0.2) is 23.0 Å². The van der Waals surface area contributed by atoms with Crippen molar-refractivity contribution in [3.05, 3.63) is 24.2 Å². The van der Waals surface area contributed by atoms with Gasteiger partial charge >= 0.3 is 0 Å². The molecule has 0 unspecified atom stereocenters. The fourth-order valence-electron chi connectivity index (χ4n) is 0.677. The average molecular weight is 140 g/mol. The van der Waals surface area contributed by atoms with Crippen molar-refractivity contribution < 1.29 is 14.3 Å². The minimum absolute atomic E-state index is 0.193. The van der Waals surface area contributed by atoms with Crippen LogP contribution in [0.5, 0.6) is 0 Å². The number of aliphatic hydroxyl groups is 1. The number of hydrogen-bond donors (Lipinski definition) is 1. The topological polar surface area (TPSA) is 50.4 Å². The molecule has 0 aliphatic carbocycles. The molecule has 0 amide bonds. The lowest BCUT2D eigenvalue weighted by atomic mass is 10.2. The number of carbonyl (C=O) groups excluding carboxylic acids is 1. The van der Waals surface area contributed by atoms with Gasteiger partial charge in [0.1, 0.15) is 6.61 Å². The zero-order valence-electron chi connectivity index (χ0n) is 5.41. The van der Waals surface area contributed by atoms with E-state index < -0.39 is 6.61 Å². The average Bonchev–Trinajstić information content (AvgIpc) is 2.40. The van der Waals surface area contributed by atoms with E-state index >= 15 is 0 Å². The Bertz CT molecular complexity index is 201. The van der Waals surface area contributed by atoms with Crippen molar-refractivity contribution in [3.8, 4) is 0 Å². The monoisotopic (exact) mass is 140 g/mol. The highest BCUT2D eigenvalue weighted by molar-refractivity contribution is 5.81. The van der Waals surface area contributed by atoms with Gasteiger partial charge < -0.3 is 9.52 Å². The Morgan fingerprint density at radius 2 is 2.50 bits per heavy atom. The third-order valence-electron chi connectivity index (χ3n) is 1.16. The van der Waals surface area contributed by atoms with Crippen molar-refractivity contribution in [1.82, 2.24) is 0 Å². The molecular weight excluding hydrogens is 132 g/mol. The maximum atomic E-state index is 10.6. The Kier molecular flexibility index (Phi) is 2.23. The van der Waals surface area contributed by atoms with Crippen LogP contribution < -0.4 is 0 Å². The molecule has 0 aromatic carbocycles. The molecule has 3 heteroatoms. The van der Waals surface area contributed by atoms with E-state index in [1.165, 1.54) is 12.5 Å². The first-order valence-corrected chi connectivity index (χ1v) is 2.96. The van der Waals surface area contributed by atoms with Crippen LogP contribution in [0.2, 0.25) is 0 Å². The molecule has 0 aliphatic heterocycles. The van der Waals surface area contributed by atoms with Gasteiger partial charge in [-0.05, 0) is 11.6 Å². The summed E-state index contributed by atoms with van der Waals surface area (Å²) in [5, 5.41) is 8.35. The predicted molar refractivity (Wildman–Crippen MR) is 34.5 cm³/mol. The van der Waals surface area contributed by atoms with Gasteiger partial charge in [-0.3, -0.25) is 4.79 Å². The summed E-state index contributed by atoms with van der Waals surface area (Å²) in [5.41, 5.74) is 0.805. The van der Waals surface area contributed by atoms with Gasteiger partial charge in [0, 0.05) is 6.42 Å². The third-order valence-corrected chi connectivity index (χ3v) is 1.16. The van der Waals surface area contributed by atoms with Crippen LogP contribution in [0.3, 0.4) is 0 Å². The molecule has 0 spiro atoms. The van der Waals surface area contributed by atoms with Crippen LogP contribution in [-0.2, 0) is 11.2 Å². The summed E-state index contributed by atoms with van der Waals surface area (Å²) in [6, 6.07) is 1.70. The molecule has 1 aromatic heterocycles. The number of carbonyl (C=O) groups is 1. The molecule has 1 aromatic rings. The molecule has 3 nitrogen and oxygen atoms in total. The molecule has 10 heavy (non-hydrogen) atoms. The maximum Gasteiger partial charge on any atom is 0.162 e. The Morgan fingerprint density at radius 1 is 1.70 bits per heavy atom. The molecule has 1 rings (SSSR count). The standard InChI is InChI=1S/C7H8O3/c8-4-7(9)3-6-1-2-10-5-6/h1-2,5,8H,3-4H2. The van der Waals surface area contributed by atoms with Gasteiger partial charge in [0.05, 0.1) is 12.5 Å². The maximum absolute atomic E-state index is 10.6. The third kappa shape index (κ3) is 1.70. The summed E-state index contributed by atoms with van der Waals surface area (Å²) < 4.78 is 4.73. The summed E-state index contributed by atoms with van der Waals surface area (Å²) in [5.74, 6) is -0.193. The van der Waals surface area contributed by atoms with Gasteiger partial charge in [0.25, 0.3) is 0 Å². The molecular formula is C7H8O3. The fourth-order valence-corrected chi connectivity index (χ4v) is 0.677. The van der Waals surface area contributed by atoms with Gasteiger partial charge in [-0.25, -0.2) is 0 Å². The van der Waals surface area contributed by atoms with Crippen LogP contribution in [0.4, 0.5) is 0 Å². The van der Waals surface area contributed by atoms with Crippen LogP contribution in [0.25, 0.3) is 0 Å². The fraction of sp³-hybridized carbons (Fsp3) is 0.286. The van der Waals surface area contributed by atoms with Crippen LogP contribution in [0, 0.1) is 0 Å². The van der Waals surface area contributed by atoms with Crippen molar-refractivity contribution in [2.24, 2.45) is 0 Å². The lowest BCUT2D eigenvalue weighted by Crippen LogP contribution is -2.06. The number of rotatable bonds is 3. The van der Waals surface area contributed by atoms with Crippen LogP contribution in [-0.4, -0.2) is 17.5 Å². The first-order chi connectivity index (χ1) is 4.83. The number of ketones is 1.